The molecule has 8 heteroatoms. The molecule has 1 fully saturated rings. The molecule has 0 atom stereocenters. The molecule has 3 rings (SSSR count). The van der Waals surface area contributed by atoms with Gasteiger partial charge < -0.3 is 19.9 Å². The Morgan fingerprint density at radius 1 is 1.19 bits per heavy atom. The summed E-state index contributed by atoms with van der Waals surface area (Å²) >= 11 is 0. The van der Waals surface area contributed by atoms with Gasteiger partial charge in [-0.05, 0) is 37.3 Å². The monoisotopic (exact) mass is 484 g/mol. The lowest BCUT2D eigenvalue weighted by Gasteiger charge is -2.37. The first-order valence-corrected chi connectivity index (χ1v) is 9.20. The van der Waals surface area contributed by atoms with Crippen LogP contribution in [-0.4, -0.2) is 67.0 Å². The van der Waals surface area contributed by atoms with Gasteiger partial charge in [-0.3, -0.25) is 9.67 Å². The van der Waals surface area contributed by atoms with Gasteiger partial charge in [0.2, 0.25) is 0 Å². The van der Waals surface area contributed by atoms with Crippen LogP contribution in [-0.2, 0) is 6.54 Å². The van der Waals surface area contributed by atoms with Gasteiger partial charge in [-0.25, -0.2) is 0 Å². The minimum atomic E-state index is 0. The van der Waals surface area contributed by atoms with E-state index in [0.717, 1.165) is 57.5 Å². The Hall–Kier alpha value is -1.97. The number of nitrogens with zero attached hydrogens (tertiary/aromatic N) is 5. The van der Waals surface area contributed by atoms with Crippen molar-refractivity contribution in [3.63, 3.8) is 0 Å². The number of benzene rings is 1. The molecular weight excluding hydrogens is 455 g/mol. The van der Waals surface area contributed by atoms with Crippen molar-refractivity contribution >= 4 is 35.6 Å². The fourth-order valence-electron chi connectivity index (χ4n) is 3.09. The van der Waals surface area contributed by atoms with Crippen LogP contribution in [0.15, 0.2) is 47.7 Å². The summed E-state index contributed by atoms with van der Waals surface area (Å²) in [5, 5.41) is 7.64. The fraction of sp³-hybridized carbons (Fsp3) is 0.474. The molecule has 0 saturated carbocycles. The van der Waals surface area contributed by atoms with E-state index in [0.29, 0.717) is 0 Å². The van der Waals surface area contributed by atoms with E-state index in [1.54, 1.807) is 13.3 Å². The first-order valence-electron chi connectivity index (χ1n) is 9.20. The largest absolute Gasteiger partial charge is 0.497 e. The predicted molar refractivity (Wildman–Crippen MR) is 120 cm³/mol. The highest BCUT2D eigenvalue weighted by Crippen LogP contribution is 2.20. The van der Waals surface area contributed by atoms with Gasteiger partial charge >= 0.3 is 0 Å². The third-order valence-electron chi connectivity index (χ3n) is 4.50. The Morgan fingerprint density at radius 3 is 2.52 bits per heavy atom. The average molecular weight is 484 g/mol. The van der Waals surface area contributed by atoms with Crippen LogP contribution in [0.25, 0.3) is 0 Å². The summed E-state index contributed by atoms with van der Waals surface area (Å²) in [6.07, 6.45) is 3.77. The molecule has 1 aromatic heterocycles. The van der Waals surface area contributed by atoms with Gasteiger partial charge in [-0.1, -0.05) is 0 Å². The van der Waals surface area contributed by atoms with E-state index < -0.39 is 0 Å². The zero-order valence-corrected chi connectivity index (χ0v) is 18.4. The van der Waals surface area contributed by atoms with E-state index in [1.165, 1.54) is 5.69 Å². The third-order valence-corrected chi connectivity index (χ3v) is 4.50. The molecule has 1 aliphatic rings. The minimum absolute atomic E-state index is 0. The van der Waals surface area contributed by atoms with Crippen LogP contribution in [0.2, 0.25) is 0 Å². The Kier molecular flexibility index (Phi) is 8.70. The highest BCUT2D eigenvalue weighted by molar-refractivity contribution is 14.0. The van der Waals surface area contributed by atoms with E-state index in [9.17, 15) is 0 Å². The number of guanidine groups is 1. The molecule has 0 spiro atoms. The number of piperazine rings is 1. The van der Waals surface area contributed by atoms with Crippen LogP contribution in [0.1, 0.15) is 6.92 Å². The topological polar surface area (TPSA) is 57.9 Å². The summed E-state index contributed by atoms with van der Waals surface area (Å²) in [5.41, 5.74) is 1.24. The Bertz CT molecular complexity index is 681. The second-order valence-electron chi connectivity index (χ2n) is 6.18. The zero-order valence-electron chi connectivity index (χ0n) is 16.0. The maximum absolute atomic E-state index is 5.24. The SMILES string of the molecule is CCNC(=NCCn1cccn1)N1CCN(c2ccc(OC)cc2)CC1.I. The second-order valence-corrected chi connectivity index (χ2v) is 6.18. The fourth-order valence-corrected chi connectivity index (χ4v) is 3.09. The molecule has 2 heterocycles. The van der Waals surface area contributed by atoms with Crippen molar-refractivity contribution in [1.29, 1.82) is 0 Å². The zero-order chi connectivity index (χ0) is 18.2. The molecular formula is C19H29IN6O. The van der Waals surface area contributed by atoms with Gasteiger partial charge in [0, 0.05) is 50.8 Å². The normalized spacial score (nSPS) is 14.7. The lowest BCUT2D eigenvalue weighted by Crippen LogP contribution is -2.52. The summed E-state index contributed by atoms with van der Waals surface area (Å²) < 4.78 is 7.15. The molecule has 148 valence electrons. The van der Waals surface area contributed by atoms with E-state index in [-0.39, 0.29) is 24.0 Å². The number of ether oxygens (including phenoxy) is 1. The third kappa shape index (κ3) is 6.02. The smallest absolute Gasteiger partial charge is 0.194 e. The summed E-state index contributed by atoms with van der Waals surface area (Å²) in [6.45, 7) is 8.39. The number of aromatic nitrogens is 2. The number of hydrogen-bond donors (Lipinski definition) is 1. The van der Waals surface area contributed by atoms with Crippen molar-refractivity contribution in [2.24, 2.45) is 4.99 Å². The standard InChI is InChI=1S/C19H28N6O.HI/c1-3-20-19(21-10-12-25-11-4-9-22-25)24-15-13-23(14-16-24)17-5-7-18(26-2)8-6-17;/h4-9,11H,3,10,12-16H2,1-2H3,(H,20,21);1H. The molecule has 7 nitrogen and oxygen atoms in total. The first-order chi connectivity index (χ1) is 12.8. The van der Waals surface area contributed by atoms with Crippen LogP contribution in [0.5, 0.6) is 5.75 Å². The molecule has 1 aliphatic heterocycles. The quantitative estimate of drug-likeness (QED) is 0.388. The molecule has 0 aliphatic carbocycles. The number of rotatable bonds is 6. The van der Waals surface area contributed by atoms with E-state index in [4.69, 9.17) is 9.73 Å². The number of aliphatic imine (C=N–C) groups is 1. The van der Waals surface area contributed by atoms with Gasteiger partial charge in [0.25, 0.3) is 0 Å². The number of hydrogen-bond acceptors (Lipinski definition) is 4. The van der Waals surface area contributed by atoms with Crippen molar-refractivity contribution in [3.05, 3.63) is 42.7 Å². The van der Waals surface area contributed by atoms with Crippen LogP contribution in [0, 0.1) is 0 Å². The summed E-state index contributed by atoms with van der Waals surface area (Å²) in [7, 11) is 1.70. The average Bonchev–Trinajstić information content (AvgIpc) is 3.21. The number of nitrogens with one attached hydrogen (secondary N) is 1. The van der Waals surface area contributed by atoms with Crippen LogP contribution >= 0.6 is 24.0 Å². The highest BCUT2D eigenvalue weighted by atomic mass is 127. The summed E-state index contributed by atoms with van der Waals surface area (Å²) in [6, 6.07) is 10.2. The van der Waals surface area contributed by atoms with Gasteiger partial charge in [-0.15, -0.1) is 24.0 Å². The van der Waals surface area contributed by atoms with Gasteiger partial charge in [0.1, 0.15) is 5.75 Å². The second kappa shape index (κ2) is 11.0. The number of methoxy groups -OCH3 is 1. The van der Waals surface area contributed by atoms with E-state index in [2.05, 4.69) is 39.3 Å². The van der Waals surface area contributed by atoms with Crippen LogP contribution < -0.4 is 15.0 Å². The van der Waals surface area contributed by atoms with Crippen molar-refractivity contribution in [2.45, 2.75) is 13.5 Å². The van der Waals surface area contributed by atoms with Crippen LogP contribution in [0.3, 0.4) is 0 Å². The number of anilines is 1. The maximum Gasteiger partial charge on any atom is 0.194 e. The Labute approximate surface area is 178 Å². The molecule has 2 aromatic rings. The molecule has 0 amide bonds. The maximum atomic E-state index is 5.24. The Morgan fingerprint density at radius 2 is 1.93 bits per heavy atom. The number of halogens is 1. The lowest BCUT2D eigenvalue weighted by molar-refractivity contribution is 0.372. The van der Waals surface area contributed by atoms with E-state index >= 15 is 0 Å². The van der Waals surface area contributed by atoms with Crippen molar-refractivity contribution in [1.82, 2.24) is 20.0 Å². The van der Waals surface area contributed by atoms with Gasteiger partial charge in [-0.2, -0.15) is 5.10 Å². The lowest BCUT2D eigenvalue weighted by atomic mass is 10.2. The van der Waals surface area contributed by atoms with Crippen molar-refractivity contribution in [2.75, 3.05) is 51.3 Å². The van der Waals surface area contributed by atoms with Crippen LogP contribution in [0.4, 0.5) is 5.69 Å². The molecule has 27 heavy (non-hydrogen) atoms. The Balaban J connectivity index is 0.00000261. The predicted octanol–water partition coefficient (Wildman–Crippen LogP) is 2.30. The summed E-state index contributed by atoms with van der Waals surface area (Å²) in [5.74, 6) is 1.89. The van der Waals surface area contributed by atoms with Gasteiger partial charge in [0.15, 0.2) is 5.96 Å². The summed E-state index contributed by atoms with van der Waals surface area (Å²) in [4.78, 5) is 9.51. The van der Waals surface area contributed by atoms with E-state index in [1.807, 2.05) is 29.1 Å². The molecule has 0 radical (unpaired) electrons. The molecule has 1 saturated heterocycles. The molecule has 1 aromatic carbocycles. The molecule has 0 unspecified atom stereocenters. The van der Waals surface area contributed by atoms with Crippen molar-refractivity contribution < 1.29 is 4.74 Å². The molecule has 1 N–H and O–H groups in total. The highest BCUT2D eigenvalue weighted by Gasteiger charge is 2.19. The van der Waals surface area contributed by atoms with Crippen molar-refractivity contribution in [3.8, 4) is 5.75 Å². The first kappa shape index (κ1) is 21.3. The minimum Gasteiger partial charge on any atom is -0.497 e. The van der Waals surface area contributed by atoms with Gasteiger partial charge in [0.05, 0.1) is 20.2 Å². The molecule has 0 bridgehead atoms.